The lowest BCUT2D eigenvalue weighted by Gasteiger charge is -2.41. The Morgan fingerprint density at radius 3 is 2.21 bits per heavy atom. The summed E-state index contributed by atoms with van der Waals surface area (Å²) in [7, 11) is 0. The molecular formula is C15H31N3O. The number of nitrogens with zero attached hydrogens (tertiary/aromatic N) is 2. The minimum atomic E-state index is 0.212. The van der Waals surface area contributed by atoms with E-state index in [1.165, 1.54) is 12.8 Å². The van der Waals surface area contributed by atoms with Gasteiger partial charge in [0, 0.05) is 32.1 Å². The molecule has 4 heteroatoms. The van der Waals surface area contributed by atoms with Crippen LogP contribution in [-0.2, 0) is 4.79 Å². The molecule has 0 bridgehead atoms. The van der Waals surface area contributed by atoms with E-state index in [2.05, 4.69) is 18.7 Å². The smallest absolute Gasteiger partial charge is 0.224 e. The fraction of sp³-hybridized carbons (Fsp3) is 0.933. The predicted molar refractivity (Wildman–Crippen MR) is 80.0 cm³/mol. The van der Waals surface area contributed by atoms with Crippen LogP contribution < -0.4 is 5.73 Å². The van der Waals surface area contributed by atoms with Crippen LogP contribution in [0.15, 0.2) is 0 Å². The number of likely N-dealkylation sites (tertiary alicyclic amines) is 1. The number of rotatable bonds is 6. The molecule has 0 aromatic carbocycles. The molecule has 1 aliphatic rings. The molecular weight excluding hydrogens is 238 g/mol. The summed E-state index contributed by atoms with van der Waals surface area (Å²) in [5.41, 5.74) is 6.33. The zero-order valence-electron chi connectivity index (χ0n) is 13.1. The molecule has 112 valence electrons. The quantitative estimate of drug-likeness (QED) is 0.798. The maximum absolute atomic E-state index is 12.2. The van der Waals surface area contributed by atoms with Crippen molar-refractivity contribution in [1.29, 1.82) is 0 Å². The van der Waals surface area contributed by atoms with Crippen LogP contribution in [0.5, 0.6) is 0 Å². The highest BCUT2D eigenvalue weighted by Gasteiger charge is 2.30. The Balaban J connectivity index is 2.52. The largest absolute Gasteiger partial charge is 0.343 e. The van der Waals surface area contributed by atoms with Gasteiger partial charge in [0.15, 0.2) is 0 Å². The third kappa shape index (κ3) is 4.77. The second-order valence-electron chi connectivity index (χ2n) is 6.36. The van der Waals surface area contributed by atoms with Crippen LogP contribution in [0.4, 0.5) is 0 Å². The summed E-state index contributed by atoms with van der Waals surface area (Å²) >= 11 is 0. The number of hydrogen-bond acceptors (Lipinski definition) is 3. The number of carbonyl (C=O) groups excluding carboxylic acids is 1. The average molecular weight is 269 g/mol. The maximum Gasteiger partial charge on any atom is 0.224 e. The summed E-state index contributed by atoms with van der Waals surface area (Å²) in [5.74, 6) is 0.241. The standard InChI is InChI=1S/C15H31N3O/c1-5-17(6-2)14(19)11-13(12-16)18-9-7-15(3,4)8-10-18/h13H,5-12,16H2,1-4H3. The topological polar surface area (TPSA) is 49.6 Å². The van der Waals surface area contributed by atoms with E-state index in [-0.39, 0.29) is 11.9 Å². The number of amides is 1. The van der Waals surface area contributed by atoms with Gasteiger partial charge in [-0.05, 0) is 45.2 Å². The van der Waals surface area contributed by atoms with Gasteiger partial charge in [0.05, 0.1) is 0 Å². The molecule has 1 amide bonds. The molecule has 4 nitrogen and oxygen atoms in total. The van der Waals surface area contributed by atoms with Crippen LogP contribution in [0.2, 0.25) is 0 Å². The van der Waals surface area contributed by atoms with E-state index in [0.29, 0.717) is 18.4 Å². The van der Waals surface area contributed by atoms with E-state index in [1.807, 2.05) is 18.7 Å². The van der Waals surface area contributed by atoms with Crippen LogP contribution in [0.25, 0.3) is 0 Å². The van der Waals surface area contributed by atoms with Crippen molar-refractivity contribution in [3.8, 4) is 0 Å². The van der Waals surface area contributed by atoms with E-state index >= 15 is 0 Å². The molecule has 2 N–H and O–H groups in total. The monoisotopic (exact) mass is 269 g/mol. The summed E-state index contributed by atoms with van der Waals surface area (Å²) in [5, 5.41) is 0. The number of nitrogens with two attached hydrogens (primary N) is 1. The number of hydrogen-bond donors (Lipinski definition) is 1. The van der Waals surface area contributed by atoms with E-state index < -0.39 is 0 Å². The average Bonchev–Trinajstić information content (AvgIpc) is 2.38. The summed E-state index contributed by atoms with van der Waals surface area (Å²) < 4.78 is 0. The molecule has 0 spiro atoms. The van der Waals surface area contributed by atoms with Gasteiger partial charge in [0.2, 0.25) is 5.91 Å². The van der Waals surface area contributed by atoms with Crippen molar-refractivity contribution in [2.75, 3.05) is 32.7 Å². The first-order valence-corrected chi connectivity index (χ1v) is 7.65. The first-order chi connectivity index (χ1) is 8.93. The van der Waals surface area contributed by atoms with Crippen molar-refractivity contribution < 1.29 is 4.79 Å². The Bertz CT molecular complexity index is 277. The summed E-state index contributed by atoms with van der Waals surface area (Å²) in [6.07, 6.45) is 2.96. The fourth-order valence-electron chi connectivity index (χ4n) is 2.76. The highest BCUT2D eigenvalue weighted by Crippen LogP contribution is 2.30. The molecule has 0 aromatic heterocycles. The lowest BCUT2D eigenvalue weighted by molar-refractivity contribution is -0.132. The molecule has 0 radical (unpaired) electrons. The van der Waals surface area contributed by atoms with Gasteiger partial charge >= 0.3 is 0 Å². The lowest BCUT2D eigenvalue weighted by atomic mass is 9.82. The zero-order chi connectivity index (χ0) is 14.5. The third-order valence-corrected chi connectivity index (χ3v) is 4.47. The molecule has 1 saturated heterocycles. The summed E-state index contributed by atoms with van der Waals surface area (Å²) in [6, 6.07) is 0.212. The van der Waals surface area contributed by atoms with E-state index in [1.54, 1.807) is 0 Å². The molecule has 1 heterocycles. The van der Waals surface area contributed by atoms with E-state index in [9.17, 15) is 4.79 Å². The molecule has 0 aliphatic carbocycles. The van der Waals surface area contributed by atoms with Crippen molar-refractivity contribution in [2.45, 2.75) is 53.0 Å². The van der Waals surface area contributed by atoms with Gasteiger partial charge in [0.1, 0.15) is 0 Å². The van der Waals surface area contributed by atoms with Gasteiger partial charge in [-0.1, -0.05) is 13.8 Å². The van der Waals surface area contributed by atoms with Crippen molar-refractivity contribution in [3.05, 3.63) is 0 Å². The molecule has 1 rings (SSSR count). The Hall–Kier alpha value is -0.610. The SMILES string of the molecule is CCN(CC)C(=O)CC(CN)N1CCC(C)(C)CC1. The zero-order valence-corrected chi connectivity index (χ0v) is 13.1. The molecule has 0 saturated carbocycles. The van der Waals surface area contributed by atoms with Crippen molar-refractivity contribution >= 4 is 5.91 Å². The van der Waals surface area contributed by atoms with Crippen LogP contribution in [0.3, 0.4) is 0 Å². The Labute approximate surface area is 118 Å². The second kappa shape index (κ2) is 7.25. The summed E-state index contributed by atoms with van der Waals surface area (Å²) in [6.45, 7) is 13.0. The van der Waals surface area contributed by atoms with Crippen LogP contribution in [0, 0.1) is 5.41 Å². The van der Waals surface area contributed by atoms with Gasteiger partial charge in [-0.2, -0.15) is 0 Å². The van der Waals surface area contributed by atoms with E-state index in [4.69, 9.17) is 5.73 Å². The minimum Gasteiger partial charge on any atom is -0.343 e. The number of piperidine rings is 1. The molecule has 1 fully saturated rings. The van der Waals surface area contributed by atoms with E-state index in [0.717, 1.165) is 26.2 Å². The lowest BCUT2D eigenvalue weighted by Crippen LogP contribution is -2.49. The highest BCUT2D eigenvalue weighted by atomic mass is 16.2. The molecule has 0 aromatic rings. The Morgan fingerprint density at radius 2 is 1.79 bits per heavy atom. The van der Waals surface area contributed by atoms with Crippen molar-refractivity contribution in [1.82, 2.24) is 9.80 Å². The van der Waals surface area contributed by atoms with Crippen molar-refractivity contribution in [3.63, 3.8) is 0 Å². The fourth-order valence-corrected chi connectivity index (χ4v) is 2.76. The molecule has 1 aliphatic heterocycles. The Morgan fingerprint density at radius 1 is 1.26 bits per heavy atom. The normalized spacial score (nSPS) is 21.1. The highest BCUT2D eigenvalue weighted by molar-refractivity contribution is 5.76. The second-order valence-corrected chi connectivity index (χ2v) is 6.36. The van der Waals surface area contributed by atoms with Gasteiger partial charge < -0.3 is 10.6 Å². The van der Waals surface area contributed by atoms with Crippen LogP contribution >= 0.6 is 0 Å². The molecule has 1 unspecified atom stereocenters. The van der Waals surface area contributed by atoms with Crippen LogP contribution in [-0.4, -0.2) is 54.5 Å². The first kappa shape index (κ1) is 16.4. The van der Waals surface area contributed by atoms with Crippen LogP contribution in [0.1, 0.15) is 47.0 Å². The molecule has 19 heavy (non-hydrogen) atoms. The molecule has 1 atom stereocenters. The van der Waals surface area contributed by atoms with Crippen molar-refractivity contribution in [2.24, 2.45) is 11.1 Å². The van der Waals surface area contributed by atoms with Gasteiger partial charge in [-0.3, -0.25) is 9.69 Å². The predicted octanol–water partition coefficient (Wildman–Crippen LogP) is 1.69. The minimum absolute atomic E-state index is 0.212. The summed E-state index contributed by atoms with van der Waals surface area (Å²) in [4.78, 5) is 16.5. The van der Waals surface area contributed by atoms with Gasteiger partial charge in [-0.15, -0.1) is 0 Å². The Kier molecular flexibility index (Phi) is 6.27. The number of carbonyl (C=O) groups is 1. The van der Waals surface area contributed by atoms with Gasteiger partial charge in [0.25, 0.3) is 0 Å². The first-order valence-electron chi connectivity index (χ1n) is 7.65. The van der Waals surface area contributed by atoms with Gasteiger partial charge in [-0.25, -0.2) is 0 Å². The third-order valence-electron chi connectivity index (χ3n) is 4.47. The maximum atomic E-state index is 12.2.